The Bertz CT molecular complexity index is 243. The van der Waals surface area contributed by atoms with E-state index in [0.717, 1.165) is 5.75 Å². The SMILES string of the molecule is CC(C)N(C(C)C)P(O)SCC=CCC#N. The van der Waals surface area contributed by atoms with Gasteiger partial charge >= 0.3 is 0 Å². The summed E-state index contributed by atoms with van der Waals surface area (Å²) >= 11 is 1.54. The molecule has 1 atom stereocenters. The Morgan fingerprint density at radius 3 is 2.31 bits per heavy atom. The van der Waals surface area contributed by atoms with Crippen LogP contribution in [0.15, 0.2) is 12.2 Å². The topological polar surface area (TPSA) is 47.3 Å². The Balaban J connectivity index is 4.02. The summed E-state index contributed by atoms with van der Waals surface area (Å²) in [6.45, 7) is 8.38. The van der Waals surface area contributed by atoms with Gasteiger partial charge < -0.3 is 4.89 Å². The van der Waals surface area contributed by atoms with Gasteiger partial charge in [0, 0.05) is 17.8 Å². The second kappa shape index (κ2) is 9.01. The molecule has 3 nitrogen and oxygen atoms in total. The smallest absolute Gasteiger partial charge is 0.167 e. The molecule has 16 heavy (non-hydrogen) atoms. The first-order valence-electron chi connectivity index (χ1n) is 5.42. The molecule has 0 heterocycles. The quantitative estimate of drug-likeness (QED) is 0.562. The fraction of sp³-hybridized carbons (Fsp3) is 0.727. The fourth-order valence-corrected chi connectivity index (χ4v) is 4.84. The van der Waals surface area contributed by atoms with E-state index in [1.165, 1.54) is 0 Å². The molecule has 1 N–H and O–H groups in total. The standard InChI is InChI=1S/C11H21N2OPS/c1-10(2)13(11(3)4)15(14)16-9-7-5-6-8-12/h5,7,10-11,14H,6,9H2,1-4H3. The molecule has 0 radical (unpaired) electrons. The van der Waals surface area contributed by atoms with E-state index in [2.05, 4.69) is 38.4 Å². The molecule has 0 aromatic heterocycles. The van der Waals surface area contributed by atoms with Gasteiger partial charge in [0.2, 0.25) is 0 Å². The predicted octanol–water partition coefficient (Wildman–Crippen LogP) is 3.53. The van der Waals surface area contributed by atoms with Gasteiger partial charge in [-0.05, 0) is 27.7 Å². The first-order chi connectivity index (χ1) is 7.50. The summed E-state index contributed by atoms with van der Waals surface area (Å²) in [6, 6.07) is 2.76. The van der Waals surface area contributed by atoms with Crippen LogP contribution >= 0.6 is 18.9 Å². The maximum absolute atomic E-state index is 10.1. The molecule has 0 aliphatic rings. The van der Waals surface area contributed by atoms with Crippen LogP contribution in [0.4, 0.5) is 0 Å². The fourth-order valence-electron chi connectivity index (χ4n) is 1.37. The second-order valence-corrected chi connectivity index (χ2v) is 7.26. The first kappa shape index (κ1) is 15.9. The minimum Gasteiger partial charge on any atom is -0.351 e. The highest BCUT2D eigenvalue weighted by Crippen LogP contribution is 2.51. The lowest BCUT2D eigenvalue weighted by molar-refractivity contribution is 0.304. The molecule has 0 spiro atoms. The molecular formula is C11H21N2OPS. The van der Waals surface area contributed by atoms with Crippen LogP contribution in [0.3, 0.4) is 0 Å². The van der Waals surface area contributed by atoms with Crippen molar-refractivity contribution in [3.63, 3.8) is 0 Å². The highest BCUT2D eigenvalue weighted by atomic mass is 32.7. The maximum Gasteiger partial charge on any atom is 0.167 e. The van der Waals surface area contributed by atoms with E-state index >= 15 is 0 Å². The minimum atomic E-state index is -1.13. The van der Waals surface area contributed by atoms with Crippen molar-refractivity contribution in [3.05, 3.63) is 12.2 Å². The average molecular weight is 260 g/mol. The molecule has 0 saturated heterocycles. The van der Waals surface area contributed by atoms with Gasteiger partial charge in [-0.1, -0.05) is 23.5 Å². The molecule has 0 aromatic carbocycles. The van der Waals surface area contributed by atoms with Gasteiger partial charge in [-0.15, -0.1) is 0 Å². The van der Waals surface area contributed by atoms with E-state index in [4.69, 9.17) is 5.26 Å². The van der Waals surface area contributed by atoms with Gasteiger partial charge in [-0.2, -0.15) is 5.26 Å². The molecule has 0 bridgehead atoms. The Kier molecular flexibility index (Phi) is 8.97. The summed E-state index contributed by atoms with van der Waals surface area (Å²) < 4.78 is 2.12. The lowest BCUT2D eigenvalue weighted by Gasteiger charge is -2.33. The van der Waals surface area contributed by atoms with Crippen LogP contribution in [0.25, 0.3) is 0 Å². The average Bonchev–Trinajstić information content (AvgIpc) is 2.16. The van der Waals surface area contributed by atoms with Crippen molar-refractivity contribution in [2.45, 2.75) is 46.2 Å². The van der Waals surface area contributed by atoms with Crippen LogP contribution in [-0.4, -0.2) is 27.4 Å². The maximum atomic E-state index is 10.1. The van der Waals surface area contributed by atoms with E-state index < -0.39 is 7.50 Å². The van der Waals surface area contributed by atoms with Gasteiger partial charge in [0.25, 0.3) is 0 Å². The van der Waals surface area contributed by atoms with Crippen LogP contribution in [0, 0.1) is 11.3 Å². The van der Waals surface area contributed by atoms with Crippen molar-refractivity contribution in [3.8, 4) is 6.07 Å². The van der Waals surface area contributed by atoms with Gasteiger partial charge in [-0.3, -0.25) is 0 Å². The zero-order chi connectivity index (χ0) is 12.6. The largest absolute Gasteiger partial charge is 0.351 e. The Morgan fingerprint density at radius 2 is 1.88 bits per heavy atom. The van der Waals surface area contributed by atoms with Crippen LogP contribution < -0.4 is 0 Å². The van der Waals surface area contributed by atoms with Gasteiger partial charge in [-0.25, -0.2) is 4.67 Å². The van der Waals surface area contributed by atoms with Crippen molar-refractivity contribution in [1.82, 2.24) is 4.67 Å². The lowest BCUT2D eigenvalue weighted by Crippen LogP contribution is -2.31. The first-order valence-corrected chi connectivity index (χ1v) is 8.26. The van der Waals surface area contributed by atoms with E-state index in [1.54, 1.807) is 11.4 Å². The molecule has 0 rings (SSSR count). The van der Waals surface area contributed by atoms with Crippen LogP contribution in [0.1, 0.15) is 34.1 Å². The van der Waals surface area contributed by atoms with Crippen molar-refractivity contribution >= 4 is 18.9 Å². The summed E-state index contributed by atoms with van der Waals surface area (Å²) in [5, 5.41) is 8.35. The van der Waals surface area contributed by atoms with Crippen molar-refractivity contribution in [2.24, 2.45) is 0 Å². The van der Waals surface area contributed by atoms with Gasteiger partial charge in [0.1, 0.15) is 0 Å². The summed E-state index contributed by atoms with van der Waals surface area (Å²) in [5.41, 5.74) is 0. The zero-order valence-electron chi connectivity index (χ0n) is 10.4. The highest BCUT2D eigenvalue weighted by molar-refractivity contribution is 8.53. The Hall–Kier alpha value is -0.0700. The summed E-state index contributed by atoms with van der Waals surface area (Å²) in [4.78, 5) is 10.1. The third-order valence-electron chi connectivity index (χ3n) is 1.92. The minimum absolute atomic E-state index is 0.353. The monoisotopic (exact) mass is 260 g/mol. The molecule has 0 amide bonds. The third kappa shape index (κ3) is 6.50. The number of nitrogens with zero attached hydrogens (tertiary/aromatic N) is 2. The molecule has 0 aliphatic heterocycles. The molecule has 0 aromatic rings. The summed E-state index contributed by atoms with van der Waals surface area (Å²) in [7, 11) is -1.13. The molecule has 5 heteroatoms. The lowest BCUT2D eigenvalue weighted by atomic mass is 10.3. The number of allylic oxidation sites excluding steroid dienone is 1. The van der Waals surface area contributed by atoms with E-state index in [0.29, 0.717) is 18.5 Å². The van der Waals surface area contributed by atoms with E-state index in [1.807, 2.05) is 12.2 Å². The summed E-state index contributed by atoms with van der Waals surface area (Å²) in [5.74, 6) is 0.764. The normalized spacial score (nSPS) is 13.9. The molecule has 0 aliphatic carbocycles. The second-order valence-electron chi connectivity index (χ2n) is 3.95. The van der Waals surface area contributed by atoms with Crippen LogP contribution in [-0.2, 0) is 0 Å². The predicted molar refractivity (Wildman–Crippen MR) is 73.1 cm³/mol. The number of nitriles is 1. The number of hydrogen-bond acceptors (Lipinski definition) is 4. The van der Waals surface area contributed by atoms with Gasteiger partial charge in [0.05, 0.1) is 12.5 Å². The molecule has 92 valence electrons. The van der Waals surface area contributed by atoms with Gasteiger partial charge in [0.15, 0.2) is 7.50 Å². The molecule has 1 unspecified atom stereocenters. The van der Waals surface area contributed by atoms with Crippen LogP contribution in [0.2, 0.25) is 0 Å². The Labute approximate surface area is 104 Å². The number of hydrogen-bond donors (Lipinski definition) is 1. The van der Waals surface area contributed by atoms with E-state index in [9.17, 15) is 4.89 Å². The van der Waals surface area contributed by atoms with E-state index in [-0.39, 0.29) is 0 Å². The van der Waals surface area contributed by atoms with Crippen LogP contribution in [0.5, 0.6) is 0 Å². The summed E-state index contributed by atoms with van der Waals surface area (Å²) in [6.07, 6.45) is 4.23. The molecule has 0 fully saturated rings. The van der Waals surface area contributed by atoms with Crippen molar-refractivity contribution in [1.29, 1.82) is 5.26 Å². The molecular weight excluding hydrogens is 239 g/mol. The Morgan fingerprint density at radius 1 is 1.31 bits per heavy atom. The zero-order valence-corrected chi connectivity index (χ0v) is 12.1. The van der Waals surface area contributed by atoms with Crippen molar-refractivity contribution < 1.29 is 4.89 Å². The number of rotatable bonds is 7. The molecule has 0 saturated carbocycles. The third-order valence-corrected chi connectivity index (χ3v) is 5.51. The highest BCUT2D eigenvalue weighted by Gasteiger charge is 2.22. The van der Waals surface area contributed by atoms with Crippen molar-refractivity contribution in [2.75, 3.05) is 5.75 Å².